The zero-order valence-electron chi connectivity index (χ0n) is 14.6. The summed E-state index contributed by atoms with van der Waals surface area (Å²) in [6.45, 7) is 2.81. The van der Waals surface area contributed by atoms with Gasteiger partial charge in [-0.2, -0.15) is 0 Å². The molecular formula is C18H22N2O4S. The molecular weight excluding hydrogens is 340 g/mol. The van der Waals surface area contributed by atoms with E-state index in [2.05, 4.69) is 5.32 Å². The zero-order chi connectivity index (χ0) is 18.2. The van der Waals surface area contributed by atoms with Gasteiger partial charge < -0.3 is 19.7 Å². The summed E-state index contributed by atoms with van der Waals surface area (Å²) >= 11 is 1.36. The SMILES string of the molecule is CCOc1ccc(CNC(=O)CN(C)C(=O)c2cccs2)cc1OC. The number of rotatable bonds is 8. The van der Waals surface area contributed by atoms with Crippen LogP contribution in [0.4, 0.5) is 0 Å². The minimum atomic E-state index is -0.222. The maximum Gasteiger partial charge on any atom is 0.264 e. The molecule has 0 radical (unpaired) electrons. The van der Waals surface area contributed by atoms with Crippen LogP contribution in [-0.2, 0) is 11.3 Å². The summed E-state index contributed by atoms with van der Waals surface area (Å²) in [4.78, 5) is 26.2. The fourth-order valence-corrected chi connectivity index (χ4v) is 2.95. The van der Waals surface area contributed by atoms with Crippen molar-refractivity contribution in [2.75, 3.05) is 27.3 Å². The average molecular weight is 362 g/mol. The Hall–Kier alpha value is -2.54. The molecule has 1 N–H and O–H groups in total. The third kappa shape index (κ3) is 5.22. The molecule has 1 aromatic carbocycles. The molecule has 0 fully saturated rings. The average Bonchev–Trinajstić information content (AvgIpc) is 3.14. The van der Waals surface area contributed by atoms with E-state index >= 15 is 0 Å². The molecule has 0 atom stereocenters. The summed E-state index contributed by atoms with van der Waals surface area (Å²) < 4.78 is 10.8. The number of amides is 2. The monoisotopic (exact) mass is 362 g/mol. The van der Waals surface area contributed by atoms with Crippen molar-refractivity contribution < 1.29 is 19.1 Å². The van der Waals surface area contributed by atoms with E-state index in [1.807, 2.05) is 36.6 Å². The molecule has 2 rings (SSSR count). The molecule has 2 amide bonds. The number of likely N-dealkylation sites (N-methyl/N-ethyl adjacent to an activating group) is 1. The van der Waals surface area contributed by atoms with Crippen LogP contribution in [0.1, 0.15) is 22.2 Å². The van der Waals surface area contributed by atoms with Crippen LogP contribution in [0.15, 0.2) is 35.7 Å². The van der Waals surface area contributed by atoms with E-state index in [4.69, 9.17) is 9.47 Å². The van der Waals surface area contributed by atoms with Gasteiger partial charge in [0.25, 0.3) is 5.91 Å². The summed E-state index contributed by atoms with van der Waals surface area (Å²) in [5.41, 5.74) is 0.890. The van der Waals surface area contributed by atoms with Gasteiger partial charge in [-0.05, 0) is 36.1 Å². The van der Waals surface area contributed by atoms with Crippen LogP contribution in [0, 0.1) is 0 Å². The Morgan fingerprint density at radius 2 is 2.04 bits per heavy atom. The van der Waals surface area contributed by atoms with Crippen LogP contribution in [0.5, 0.6) is 11.5 Å². The van der Waals surface area contributed by atoms with Crippen molar-refractivity contribution in [3.63, 3.8) is 0 Å². The number of ether oxygens (including phenoxy) is 2. The molecule has 0 spiro atoms. The minimum Gasteiger partial charge on any atom is -0.493 e. The van der Waals surface area contributed by atoms with E-state index in [1.54, 1.807) is 20.2 Å². The fourth-order valence-electron chi connectivity index (χ4n) is 2.23. The maximum atomic E-state index is 12.1. The third-order valence-electron chi connectivity index (χ3n) is 3.48. The molecule has 1 aromatic heterocycles. The second-order valence-electron chi connectivity index (χ2n) is 5.33. The number of nitrogens with one attached hydrogen (secondary N) is 1. The largest absolute Gasteiger partial charge is 0.493 e. The van der Waals surface area contributed by atoms with Crippen molar-refractivity contribution in [3.05, 3.63) is 46.2 Å². The van der Waals surface area contributed by atoms with Crippen molar-refractivity contribution >= 4 is 23.2 Å². The van der Waals surface area contributed by atoms with Gasteiger partial charge >= 0.3 is 0 Å². The highest BCUT2D eigenvalue weighted by atomic mass is 32.1. The number of carbonyl (C=O) groups excluding carboxylic acids is 2. The highest BCUT2D eigenvalue weighted by Crippen LogP contribution is 2.27. The topological polar surface area (TPSA) is 67.9 Å². The van der Waals surface area contributed by atoms with Crippen LogP contribution in [0.25, 0.3) is 0 Å². The highest BCUT2D eigenvalue weighted by Gasteiger charge is 2.15. The standard InChI is InChI=1S/C18H22N2O4S/c1-4-24-14-8-7-13(10-15(14)23-3)11-19-17(21)12-20(2)18(22)16-6-5-9-25-16/h5-10H,4,11-12H2,1-3H3,(H,19,21). The molecule has 0 saturated heterocycles. The van der Waals surface area contributed by atoms with Crippen molar-refractivity contribution in [2.45, 2.75) is 13.5 Å². The Bertz CT molecular complexity index is 716. The zero-order valence-corrected chi connectivity index (χ0v) is 15.4. The molecule has 0 unspecified atom stereocenters. The molecule has 0 saturated carbocycles. The van der Waals surface area contributed by atoms with Gasteiger partial charge in [0.15, 0.2) is 11.5 Å². The molecule has 0 aliphatic carbocycles. The van der Waals surface area contributed by atoms with Crippen LogP contribution in [-0.4, -0.2) is 44.0 Å². The van der Waals surface area contributed by atoms with Gasteiger partial charge in [0.05, 0.1) is 25.1 Å². The molecule has 2 aromatic rings. The molecule has 7 heteroatoms. The van der Waals surface area contributed by atoms with Gasteiger partial charge in [0.1, 0.15) is 0 Å². The minimum absolute atomic E-state index is 0.00486. The first kappa shape index (κ1) is 18.8. The lowest BCUT2D eigenvalue weighted by atomic mass is 10.2. The van der Waals surface area contributed by atoms with E-state index in [-0.39, 0.29) is 18.4 Å². The number of thiophene rings is 1. The Morgan fingerprint density at radius 1 is 1.24 bits per heavy atom. The summed E-state index contributed by atoms with van der Waals surface area (Å²) in [5, 5.41) is 4.64. The predicted octanol–water partition coefficient (Wildman–Crippen LogP) is 2.54. The summed E-state index contributed by atoms with van der Waals surface area (Å²) in [6.07, 6.45) is 0. The normalized spacial score (nSPS) is 10.2. The number of nitrogens with zero attached hydrogens (tertiary/aromatic N) is 1. The summed E-state index contributed by atoms with van der Waals surface area (Å²) in [5.74, 6) is 0.910. The molecule has 6 nitrogen and oxygen atoms in total. The summed E-state index contributed by atoms with van der Waals surface area (Å²) in [6, 6.07) is 9.06. The first-order valence-corrected chi connectivity index (χ1v) is 8.78. The highest BCUT2D eigenvalue weighted by molar-refractivity contribution is 7.12. The first-order chi connectivity index (χ1) is 12.0. The second-order valence-corrected chi connectivity index (χ2v) is 6.28. The smallest absolute Gasteiger partial charge is 0.264 e. The molecule has 134 valence electrons. The maximum absolute atomic E-state index is 12.1. The van der Waals surface area contributed by atoms with Crippen LogP contribution in [0.3, 0.4) is 0 Å². The molecule has 1 heterocycles. The van der Waals surface area contributed by atoms with Gasteiger partial charge in [-0.1, -0.05) is 12.1 Å². The lowest BCUT2D eigenvalue weighted by Gasteiger charge is -2.16. The number of carbonyl (C=O) groups is 2. The Kier molecular flexibility index (Phi) is 6.82. The fraction of sp³-hybridized carbons (Fsp3) is 0.333. The van der Waals surface area contributed by atoms with Crippen LogP contribution in [0.2, 0.25) is 0 Å². The Morgan fingerprint density at radius 3 is 2.68 bits per heavy atom. The van der Waals surface area contributed by atoms with Gasteiger partial charge in [-0.3, -0.25) is 9.59 Å². The second kappa shape index (κ2) is 9.08. The van der Waals surface area contributed by atoms with Crippen molar-refractivity contribution in [2.24, 2.45) is 0 Å². The number of methoxy groups -OCH3 is 1. The van der Waals surface area contributed by atoms with Gasteiger partial charge in [-0.25, -0.2) is 0 Å². The van der Waals surface area contributed by atoms with Gasteiger partial charge in [0, 0.05) is 13.6 Å². The number of hydrogen-bond donors (Lipinski definition) is 1. The van der Waals surface area contributed by atoms with Crippen LogP contribution >= 0.6 is 11.3 Å². The van der Waals surface area contributed by atoms with Gasteiger partial charge in [-0.15, -0.1) is 11.3 Å². The lowest BCUT2D eigenvalue weighted by Crippen LogP contribution is -2.37. The molecule has 25 heavy (non-hydrogen) atoms. The van der Waals surface area contributed by atoms with Crippen molar-refractivity contribution in [1.29, 1.82) is 0 Å². The Balaban J connectivity index is 1.88. The number of benzene rings is 1. The van der Waals surface area contributed by atoms with E-state index in [0.717, 1.165) is 5.56 Å². The van der Waals surface area contributed by atoms with Crippen molar-refractivity contribution in [3.8, 4) is 11.5 Å². The van der Waals surface area contributed by atoms with E-state index < -0.39 is 0 Å². The Labute approximate surface area is 151 Å². The quantitative estimate of drug-likeness (QED) is 0.784. The van der Waals surface area contributed by atoms with Crippen molar-refractivity contribution in [1.82, 2.24) is 10.2 Å². The number of hydrogen-bond acceptors (Lipinski definition) is 5. The van der Waals surface area contributed by atoms with E-state index in [1.165, 1.54) is 16.2 Å². The predicted molar refractivity (Wildman–Crippen MR) is 97.3 cm³/mol. The van der Waals surface area contributed by atoms with Gasteiger partial charge in [0.2, 0.25) is 5.91 Å². The molecule has 0 aliphatic rings. The first-order valence-electron chi connectivity index (χ1n) is 7.90. The van der Waals surface area contributed by atoms with E-state index in [9.17, 15) is 9.59 Å². The van der Waals surface area contributed by atoms with Crippen LogP contribution < -0.4 is 14.8 Å². The summed E-state index contributed by atoms with van der Waals surface area (Å²) in [7, 11) is 3.19. The molecule has 0 bridgehead atoms. The van der Waals surface area contributed by atoms with E-state index in [0.29, 0.717) is 29.5 Å². The molecule has 0 aliphatic heterocycles. The lowest BCUT2D eigenvalue weighted by molar-refractivity contribution is -0.121. The third-order valence-corrected chi connectivity index (χ3v) is 4.33.